The number of hydrogen-bond donors (Lipinski definition) is 3. The van der Waals surface area contributed by atoms with Crippen LogP contribution >= 0.6 is 0 Å². The van der Waals surface area contributed by atoms with Crippen LogP contribution in [-0.4, -0.2) is 38.9 Å². The van der Waals surface area contributed by atoms with Crippen LogP contribution in [0.25, 0.3) is 33.4 Å². The maximum absolute atomic E-state index is 8.73. The van der Waals surface area contributed by atoms with Gasteiger partial charge in [0.1, 0.15) is 24.9 Å². The lowest BCUT2D eigenvalue weighted by Gasteiger charge is -2.14. The van der Waals surface area contributed by atoms with Crippen molar-refractivity contribution in [3.63, 3.8) is 0 Å². The number of aromatic nitrogens is 4. The van der Waals surface area contributed by atoms with Crippen molar-refractivity contribution < 1.29 is 19.6 Å². The molecule has 0 amide bonds. The Morgan fingerprint density at radius 1 is 0.800 bits per heavy atom. The summed E-state index contributed by atoms with van der Waals surface area (Å²) in [5.41, 5.74) is 16.0. The smallest absolute Gasteiger partial charge is 0.214 e. The van der Waals surface area contributed by atoms with E-state index in [0.29, 0.717) is 31.3 Å². The van der Waals surface area contributed by atoms with Crippen LogP contribution in [0.15, 0.2) is 97.2 Å². The van der Waals surface area contributed by atoms with Gasteiger partial charge in [-0.1, -0.05) is 54.6 Å². The summed E-state index contributed by atoms with van der Waals surface area (Å²) < 4.78 is 11.5. The summed E-state index contributed by atoms with van der Waals surface area (Å²) in [6.07, 6.45) is 4.17. The van der Waals surface area contributed by atoms with Gasteiger partial charge >= 0.3 is 0 Å². The van der Waals surface area contributed by atoms with Gasteiger partial charge in [-0.05, 0) is 76.6 Å². The second kappa shape index (κ2) is 14.1. The molecule has 45 heavy (non-hydrogen) atoms. The topological polar surface area (TPSA) is 128 Å². The molecule has 3 heterocycles. The van der Waals surface area contributed by atoms with E-state index >= 15 is 0 Å². The molecule has 0 saturated carbocycles. The normalized spacial score (nSPS) is 11.2. The average Bonchev–Trinajstić information content (AvgIpc) is 3.46. The van der Waals surface area contributed by atoms with Crippen LogP contribution in [0.1, 0.15) is 34.5 Å². The SMILES string of the molecule is COCCCc1cc(-c2ccnc(N)c2)ccc1COc1cccc(-c2ccc(Cc3nc4ccc(COO)cc4[nH]3)cc2)n1. The zero-order valence-electron chi connectivity index (χ0n) is 25.1. The summed E-state index contributed by atoms with van der Waals surface area (Å²) in [6, 6.07) is 30.2. The summed E-state index contributed by atoms with van der Waals surface area (Å²) >= 11 is 0. The van der Waals surface area contributed by atoms with Gasteiger partial charge in [0, 0.05) is 38.0 Å². The number of nitrogens with zero attached hydrogens (tertiary/aromatic N) is 3. The first-order valence-corrected chi connectivity index (χ1v) is 14.8. The largest absolute Gasteiger partial charge is 0.473 e. The number of imidazole rings is 1. The Morgan fingerprint density at radius 2 is 1.62 bits per heavy atom. The molecule has 4 N–H and O–H groups in total. The summed E-state index contributed by atoms with van der Waals surface area (Å²) in [4.78, 5) is 21.2. The first kappa shape index (κ1) is 30.0. The van der Waals surface area contributed by atoms with E-state index in [1.807, 2.05) is 48.5 Å². The van der Waals surface area contributed by atoms with E-state index in [0.717, 1.165) is 68.8 Å². The number of benzene rings is 3. The van der Waals surface area contributed by atoms with Gasteiger partial charge in [-0.15, -0.1) is 0 Å². The Bertz CT molecular complexity index is 1890. The minimum Gasteiger partial charge on any atom is -0.473 e. The minimum atomic E-state index is 0.137. The highest BCUT2D eigenvalue weighted by atomic mass is 17.1. The molecule has 228 valence electrons. The van der Waals surface area contributed by atoms with Crippen molar-refractivity contribution in [2.75, 3.05) is 19.5 Å². The van der Waals surface area contributed by atoms with Crippen molar-refractivity contribution in [1.29, 1.82) is 0 Å². The van der Waals surface area contributed by atoms with Gasteiger partial charge in [0.25, 0.3) is 0 Å². The number of nitrogens with one attached hydrogen (secondary N) is 1. The second-order valence-electron chi connectivity index (χ2n) is 10.9. The maximum atomic E-state index is 8.73. The van der Waals surface area contributed by atoms with Crippen molar-refractivity contribution in [1.82, 2.24) is 19.9 Å². The van der Waals surface area contributed by atoms with Crippen molar-refractivity contribution in [2.24, 2.45) is 0 Å². The molecule has 3 aromatic carbocycles. The molecule has 9 nitrogen and oxygen atoms in total. The highest BCUT2D eigenvalue weighted by Crippen LogP contribution is 2.27. The van der Waals surface area contributed by atoms with Crippen LogP contribution in [-0.2, 0) is 35.7 Å². The van der Waals surface area contributed by atoms with Gasteiger partial charge < -0.3 is 20.2 Å². The molecule has 0 fully saturated rings. The van der Waals surface area contributed by atoms with E-state index in [2.05, 4.69) is 57.3 Å². The minimum absolute atomic E-state index is 0.137. The monoisotopic (exact) mass is 601 g/mol. The lowest BCUT2D eigenvalue weighted by molar-refractivity contribution is -0.252. The van der Waals surface area contributed by atoms with Crippen LogP contribution in [0.5, 0.6) is 5.88 Å². The third-order valence-electron chi connectivity index (χ3n) is 7.66. The van der Waals surface area contributed by atoms with Crippen LogP contribution in [0.2, 0.25) is 0 Å². The fraction of sp³-hybridized carbons (Fsp3) is 0.194. The molecule has 0 radical (unpaired) electrons. The third kappa shape index (κ3) is 7.53. The number of aromatic amines is 1. The number of H-pyrrole nitrogens is 1. The highest BCUT2D eigenvalue weighted by molar-refractivity contribution is 5.76. The number of hydrogen-bond acceptors (Lipinski definition) is 8. The number of nitrogen functional groups attached to an aromatic ring is 1. The van der Waals surface area contributed by atoms with Crippen molar-refractivity contribution in [3.8, 4) is 28.3 Å². The van der Waals surface area contributed by atoms with Gasteiger partial charge in [0.15, 0.2) is 0 Å². The maximum Gasteiger partial charge on any atom is 0.214 e. The van der Waals surface area contributed by atoms with Crippen LogP contribution in [0.3, 0.4) is 0 Å². The summed E-state index contributed by atoms with van der Waals surface area (Å²) in [7, 11) is 1.72. The Morgan fingerprint density at radius 3 is 2.44 bits per heavy atom. The number of methoxy groups -OCH3 is 1. The number of aryl methyl sites for hydroxylation is 1. The van der Waals surface area contributed by atoms with E-state index in [-0.39, 0.29) is 6.61 Å². The Balaban J connectivity index is 1.13. The Kier molecular flexibility index (Phi) is 9.41. The first-order chi connectivity index (χ1) is 22.1. The van der Waals surface area contributed by atoms with Crippen LogP contribution in [0, 0.1) is 0 Å². The standard InChI is InChI=1S/C36H35N5O4/c1-43-17-3-4-27-20-28(29-15-16-38-34(37)21-29)12-13-30(27)23-44-36-6-2-5-31(41-36)26-10-7-24(8-11-26)19-35-39-32-14-9-25(22-45-42)18-33(32)40-35/h2,5-16,18,20-21,42H,3-4,17,19,22-23H2,1H3,(H2,37,38)(H,39,40). The fourth-order valence-corrected chi connectivity index (χ4v) is 5.37. The number of nitrogens with two attached hydrogens (primary N) is 1. The molecule has 0 saturated heterocycles. The molecule has 3 aromatic heterocycles. The van der Waals surface area contributed by atoms with E-state index in [9.17, 15) is 0 Å². The van der Waals surface area contributed by atoms with Gasteiger partial charge in [0.05, 0.1) is 16.7 Å². The van der Waals surface area contributed by atoms with E-state index in [1.54, 1.807) is 13.3 Å². The fourth-order valence-electron chi connectivity index (χ4n) is 5.37. The summed E-state index contributed by atoms with van der Waals surface area (Å²) in [5, 5.41) is 8.73. The molecule has 6 rings (SSSR count). The Labute approximate surface area is 261 Å². The quantitative estimate of drug-likeness (QED) is 0.0733. The lowest BCUT2D eigenvalue weighted by Crippen LogP contribution is -2.03. The third-order valence-corrected chi connectivity index (χ3v) is 7.66. The van der Waals surface area contributed by atoms with Crippen molar-refractivity contribution >= 4 is 16.9 Å². The molecule has 0 spiro atoms. The van der Waals surface area contributed by atoms with Crippen molar-refractivity contribution in [2.45, 2.75) is 32.5 Å². The summed E-state index contributed by atoms with van der Waals surface area (Å²) in [6.45, 7) is 1.23. The average molecular weight is 602 g/mol. The predicted molar refractivity (Wildman–Crippen MR) is 175 cm³/mol. The summed E-state index contributed by atoms with van der Waals surface area (Å²) in [5.74, 6) is 1.93. The highest BCUT2D eigenvalue weighted by Gasteiger charge is 2.10. The predicted octanol–water partition coefficient (Wildman–Crippen LogP) is 7.01. The zero-order valence-corrected chi connectivity index (χ0v) is 25.1. The van der Waals surface area contributed by atoms with Crippen LogP contribution < -0.4 is 10.5 Å². The molecule has 9 heteroatoms. The molecule has 6 aromatic rings. The van der Waals surface area contributed by atoms with Crippen molar-refractivity contribution in [3.05, 3.63) is 125 Å². The van der Waals surface area contributed by atoms with E-state index < -0.39 is 0 Å². The number of anilines is 1. The lowest BCUT2D eigenvalue weighted by atomic mass is 9.97. The molecule has 0 aliphatic carbocycles. The van der Waals surface area contributed by atoms with E-state index in [4.69, 9.17) is 30.4 Å². The molecule has 0 unspecified atom stereocenters. The van der Waals surface area contributed by atoms with Gasteiger partial charge in [-0.2, -0.15) is 0 Å². The molecule has 0 aliphatic heterocycles. The van der Waals surface area contributed by atoms with Gasteiger partial charge in [0.2, 0.25) is 5.88 Å². The van der Waals surface area contributed by atoms with Crippen LogP contribution in [0.4, 0.5) is 5.82 Å². The molecular formula is C36H35N5O4. The molecular weight excluding hydrogens is 566 g/mol. The number of rotatable bonds is 13. The molecule has 0 bridgehead atoms. The van der Waals surface area contributed by atoms with Gasteiger partial charge in [-0.25, -0.2) is 19.8 Å². The number of fused-ring (bicyclic) bond motifs is 1. The number of pyridine rings is 2. The van der Waals surface area contributed by atoms with Gasteiger partial charge in [-0.3, -0.25) is 5.26 Å². The second-order valence-corrected chi connectivity index (χ2v) is 10.9. The zero-order chi connectivity index (χ0) is 31.0. The van der Waals surface area contributed by atoms with E-state index in [1.165, 1.54) is 5.56 Å². The Hall–Kier alpha value is -5.09. The molecule has 0 atom stereocenters. The number of ether oxygens (including phenoxy) is 2. The first-order valence-electron chi connectivity index (χ1n) is 14.8. The molecule has 0 aliphatic rings.